The monoisotopic (exact) mass is 331 g/mol. The molecule has 1 amide bonds. The predicted octanol–water partition coefficient (Wildman–Crippen LogP) is 2.96. The zero-order chi connectivity index (χ0) is 16.2. The van der Waals surface area contributed by atoms with E-state index in [9.17, 15) is 9.59 Å². The largest absolute Gasteiger partial charge is 0.492 e. The molecular weight excluding hydrogens is 318 g/mol. The smallest absolute Gasteiger partial charge is 0.265 e. The first-order chi connectivity index (χ1) is 11.2. The van der Waals surface area contributed by atoms with Crippen molar-refractivity contribution >= 4 is 29.5 Å². The average Bonchev–Trinajstić information content (AvgIpc) is 2.58. The molecule has 0 radical (unpaired) electrons. The summed E-state index contributed by atoms with van der Waals surface area (Å²) in [6.07, 6.45) is 0.738. The number of hydrogen-bond acceptors (Lipinski definition) is 4. The van der Waals surface area contributed by atoms with Crippen molar-refractivity contribution in [3.63, 3.8) is 0 Å². The highest BCUT2D eigenvalue weighted by Gasteiger charge is 2.25. The van der Waals surface area contributed by atoms with Gasteiger partial charge in [0.25, 0.3) is 5.91 Å². The van der Waals surface area contributed by atoms with Crippen LogP contribution in [0.25, 0.3) is 0 Å². The van der Waals surface area contributed by atoms with Gasteiger partial charge in [-0.05, 0) is 42.5 Å². The highest BCUT2D eigenvalue weighted by Crippen LogP contribution is 2.32. The number of anilines is 1. The molecule has 0 saturated carbocycles. The van der Waals surface area contributed by atoms with Crippen molar-refractivity contribution in [1.29, 1.82) is 0 Å². The molecule has 0 fully saturated rings. The first-order valence-electron chi connectivity index (χ1n) is 7.08. The van der Waals surface area contributed by atoms with Gasteiger partial charge in [0.2, 0.25) is 0 Å². The molecule has 2 aromatic carbocycles. The molecule has 0 saturated heterocycles. The van der Waals surface area contributed by atoms with Crippen molar-refractivity contribution in [2.24, 2.45) is 0 Å². The lowest BCUT2D eigenvalue weighted by Gasteiger charge is -2.29. The second kappa shape index (κ2) is 6.71. The number of ether oxygens (including phenoxy) is 2. The van der Waals surface area contributed by atoms with Crippen LogP contribution in [0.3, 0.4) is 0 Å². The molecule has 5 nitrogen and oxygen atoms in total. The molecule has 0 aromatic heterocycles. The van der Waals surface area contributed by atoms with Crippen LogP contribution in [0.2, 0.25) is 5.02 Å². The summed E-state index contributed by atoms with van der Waals surface area (Å²) in [7, 11) is 0. The van der Waals surface area contributed by atoms with Crippen LogP contribution in [-0.2, 0) is 4.79 Å². The van der Waals surface area contributed by atoms with Gasteiger partial charge in [-0.15, -0.1) is 0 Å². The van der Waals surface area contributed by atoms with Gasteiger partial charge < -0.3 is 14.4 Å². The highest BCUT2D eigenvalue weighted by molar-refractivity contribution is 6.30. The van der Waals surface area contributed by atoms with E-state index >= 15 is 0 Å². The van der Waals surface area contributed by atoms with Gasteiger partial charge in [-0.1, -0.05) is 11.6 Å². The minimum Gasteiger partial charge on any atom is -0.492 e. The highest BCUT2D eigenvalue weighted by atomic mass is 35.5. The van der Waals surface area contributed by atoms with Crippen LogP contribution >= 0.6 is 11.6 Å². The minimum atomic E-state index is -0.166. The molecule has 0 atom stereocenters. The van der Waals surface area contributed by atoms with Crippen molar-refractivity contribution in [3.8, 4) is 11.5 Å². The summed E-state index contributed by atoms with van der Waals surface area (Å²) in [5.74, 6) is 1.10. The second-order valence-corrected chi connectivity index (χ2v) is 5.42. The number of carbonyl (C=O) groups excluding carboxylic acids is 2. The standard InChI is InChI=1S/C17H14ClNO4/c18-13-2-4-14(5-3-13)22-8-7-19-15-9-12(10-20)1-6-16(15)23-11-17(19)21/h1-6,9-10H,7-8,11H2. The van der Waals surface area contributed by atoms with Gasteiger partial charge in [0.15, 0.2) is 6.61 Å². The van der Waals surface area contributed by atoms with Crippen molar-refractivity contribution in [1.82, 2.24) is 0 Å². The van der Waals surface area contributed by atoms with Crippen LogP contribution in [0.4, 0.5) is 5.69 Å². The average molecular weight is 332 g/mol. The third-order valence-electron chi connectivity index (χ3n) is 3.46. The summed E-state index contributed by atoms with van der Waals surface area (Å²) < 4.78 is 11.0. The molecule has 0 bridgehead atoms. The SMILES string of the molecule is O=Cc1ccc2c(c1)N(CCOc1ccc(Cl)cc1)C(=O)CO2. The number of rotatable bonds is 5. The van der Waals surface area contributed by atoms with E-state index in [2.05, 4.69) is 0 Å². The summed E-state index contributed by atoms with van der Waals surface area (Å²) in [6, 6.07) is 12.0. The maximum Gasteiger partial charge on any atom is 0.265 e. The van der Waals surface area contributed by atoms with Gasteiger partial charge in [-0.3, -0.25) is 9.59 Å². The van der Waals surface area contributed by atoms with E-state index in [1.807, 2.05) is 0 Å². The maximum atomic E-state index is 12.1. The van der Waals surface area contributed by atoms with Gasteiger partial charge in [-0.25, -0.2) is 0 Å². The molecule has 2 aromatic rings. The fourth-order valence-electron chi connectivity index (χ4n) is 2.32. The van der Waals surface area contributed by atoms with Gasteiger partial charge >= 0.3 is 0 Å². The molecule has 0 aliphatic carbocycles. The van der Waals surface area contributed by atoms with Crippen molar-refractivity contribution in [3.05, 3.63) is 53.1 Å². The lowest BCUT2D eigenvalue weighted by Crippen LogP contribution is -2.41. The first-order valence-corrected chi connectivity index (χ1v) is 7.46. The van der Waals surface area contributed by atoms with Crippen LogP contribution in [0, 0.1) is 0 Å². The van der Waals surface area contributed by atoms with E-state index in [-0.39, 0.29) is 12.5 Å². The number of aldehydes is 1. The molecule has 1 aliphatic rings. The Labute approximate surface area is 138 Å². The molecule has 0 unspecified atom stereocenters. The number of nitrogens with zero attached hydrogens (tertiary/aromatic N) is 1. The Morgan fingerprint density at radius 2 is 2.00 bits per heavy atom. The number of benzene rings is 2. The normalized spacial score (nSPS) is 13.3. The molecule has 0 spiro atoms. The summed E-state index contributed by atoms with van der Waals surface area (Å²) in [5, 5.41) is 0.635. The maximum absolute atomic E-state index is 12.1. The van der Waals surface area contributed by atoms with Gasteiger partial charge in [0.1, 0.15) is 24.4 Å². The number of hydrogen-bond donors (Lipinski definition) is 0. The molecule has 1 aliphatic heterocycles. The molecule has 23 heavy (non-hydrogen) atoms. The van der Waals surface area contributed by atoms with E-state index in [1.54, 1.807) is 47.4 Å². The topological polar surface area (TPSA) is 55.8 Å². The number of amides is 1. The van der Waals surface area contributed by atoms with E-state index in [0.717, 1.165) is 6.29 Å². The molecular formula is C17H14ClNO4. The van der Waals surface area contributed by atoms with Crippen LogP contribution in [0.5, 0.6) is 11.5 Å². The lowest BCUT2D eigenvalue weighted by molar-refractivity contribution is -0.121. The van der Waals surface area contributed by atoms with E-state index in [0.29, 0.717) is 40.9 Å². The van der Waals surface area contributed by atoms with Gasteiger partial charge in [0.05, 0.1) is 12.2 Å². The summed E-state index contributed by atoms with van der Waals surface area (Å²) in [6.45, 7) is 0.659. The Morgan fingerprint density at radius 1 is 1.22 bits per heavy atom. The number of carbonyl (C=O) groups is 2. The van der Waals surface area contributed by atoms with Crippen LogP contribution in [-0.4, -0.2) is 32.0 Å². The molecule has 1 heterocycles. The van der Waals surface area contributed by atoms with E-state index in [4.69, 9.17) is 21.1 Å². The Morgan fingerprint density at radius 3 is 2.74 bits per heavy atom. The van der Waals surface area contributed by atoms with Gasteiger partial charge in [-0.2, -0.15) is 0 Å². The Bertz CT molecular complexity index is 730. The number of fused-ring (bicyclic) bond motifs is 1. The van der Waals surface area contributed by atoms with Crippen molar-refractivity contribution in [2.75, 3.05) is 24.7 Å². The Kier molecular flexibility index (Phi) is 4.48. The molecule has 118 valence electrons. The zero-order valence-corrected chi connectivity index (χ0v) is 13.0. The van der Waals surface area contributed by atoms with Gasteiger partial charge in [0, 0.05) is 10.6 Å². The molecule has 3 rings (SSSR count). The minimum absolute atomic E-state index is 0.0195. The van der Waals surface area contributed by atoms with E-state index < -0.39 is 0 Å². The third-order valence-corrected chi connectivity index (χ3v) is 3.71. The quantitative estimate of drug-likeness (QED) is 0.790. The van der Waals surface area contributed by atoms with Crippen LogP contribution in [0.15, 0.2) is 42.5 Å². The fraction of sp³-hybridized carbons (Fsp3) is 0.176. The Hall–Kier alpha value is -2.53. The summed E-state index contributed by atoms with van der Waals surface area (Å²) in [4.78, 5) is 24.6. The fourth-order valence-corrected chi connectivity index (χ4v) is 2.45. The van der Waals surface area contributed by atoms with E-state index in [1.165, 1.54) is 0 Å². The molecule has 6 heteroatoms. The first kappa shape index (κ1) is 15.4. The number of halogens is 1. The lowest BCUT2D eigenvalue weighted by atomic mass is 10.1. The zero-order valence-electron chi connectivity index (χ0n) is 12.2. The third kappa shape index (κ3) is 3.46. The Balaban J connectivity index is 1.71. The van der Waals surface area contributed by atoms with Crippen LogP contribution in [0.1, 0.15) is 10.4 Å². The second-order valence-electron chi connectivity index (χ2n) is 4.98. The summed E-state index contributed by atoms with van der Waals surface area (Å²) in [5.41, 5.74) is 1.08. The summed E-state index contributed by atoms with van der Waals surface area (Å²) >= 11 is 5.82. The van der Waals surface area contributed by atoms with Crippen LogP contribution < -0.4 is 14.4 Å². The van der Waals surface area contributed by atoms with Crippen molar-refractivity contribution < 1.29 is 19.1 Å². The molecule has 0 N–H and O–H groups in total. The predicted molar refractivity (Wildman–Crippen MR) is 86.6 cm³/mol. The van der Waals surface area contributed by atoms with Crippen molar-refractivity contribution in [2.45, 2.75) is 0 Å².